The van der Waals surface area contributed by atoms with Gasteiger partial charge in [-0.15, -0.1) is 0 Å². The molecule has 1 unspecified atom stereocenters. The van der Waals surface area contributed by atoms with E-state index in [1.54, 1.807) is 63.2 Å². The number of nitrogens with one attached hydrogen (secondary N) is 1. The Morgan fingerprint density at radius 2 is 1.88 bits per heavy atom. The number of phenolic OH excluding ortho intramolecular Hbond substituents is 1. The molecule has 0 spiro atoms. The Morgan fingerprint density at radius 3 is 2.53 bits per heavy atom. The number of phenols is 1. The Labute approximate surface area is 206 Å². The Hall–Kier alpha value is -3.37. The Kier molecular flexibility index (Phi) is 8.30. The summed E-state index contributed by atoms with van der Waals surface area (Å²) in [6.45, 7) is 5.77. The van der Waals surface area contributed by atoms with Crippen LogP contribution in [0.3, 0.4) is 0 Å². The molecule has 34 heavy (non-hydrogen) atoms. The number of nitrogens with zero attached hydrogens (tertiary/aromatic N) is 1. The van der Waals surface area contributed by atoms with Gasteiger partial charge in [-0.3, -0.25) is 14.5 Å². The van der Waals surface area contributed by atoms with Crippen molar-refractivity contribution in [1.29, 1.82) is 0 Å². The second-order valence-electron chi connectivity index (χ2n) is 7.17. The minimum atomic E-state index is -0.859. The fraction of sp³-hybridized carbons (Fsp3) is 0.250. The molecular weight excluding hydrogens is 476 g/mol. The van der Waals surface area contributed by atoms with Crippen molar-refractivity contribution >= 4 is 57.8 Å². The number of amides is 2. The summed E-state index contributed by atoms with van der Waals surface area (Å²) >= 11 is 6.46. The van der Waals surface area contributed by atoms with Gasteiger partial charge in [0.2, 0.25) is 5.91 Å². The summed E-state index contributed by atoms with van der Waals surface area (Å²) in [6, 6.07) is 10.2. The standard InChI is InChI=1S/C24H24N2O6S2/c1-4-31-19-12-15(6-11-18(19)27)13-20-22(29)26(24(33)34-20)14(3)21(28)25-17-9-7-16(8-10-17)23(30)32-5-2/h6-14,27H,4-5H2,1-3H3,(H,25,28)/b20-13-. The largest absolute Gasteiger partial charge is 0.504 e. The average molecular weight is 501 g/mol. The highest BCUT2D eigenvalue weighted by molar-refractivity contribution is 8.26. The first-order valence-corrected chi connectivity index (χ1v) is 11.8. The van der Waals surface area contributed by atoms with Crippen molar-refractivity contribution in [2.45, 2.75) is 26.8 Å². The molecule has 2 aromatic carbocycles. The quantitative estimate of drug-likeness (QED) is 0.316. The van der Waals surface area contributed by atoms with E-state index >= 15 is 0 Å². The highest BCUT2D eigenvalue weighted by atomic mass is 32.2. The molecule has 0 radical (unpaired) electrons. The first kappa shape index (κ1) is 25.3. The van der Waals surface area contributed by atoms with E-state index in [1.807, 2.05) is 0 Å². The van der Waals surface area contributed by atoms with Crippen LogP contribution in [-0.2, 0) is 14.3 Å². The zero-order valence-electron chi connectivity index (χ0n) is 18.9. The number of esters is 1. The van der Waals surface area contributed by atoms with E-state index in [1.165, 1.54) is 11.0 Å². The molecular formula is C24H24N2O6S2. The molecule has 1 aliphatic rings. The maximum Gasteiger partial charge on any atom is 0.338 e. The number of rotatable bonds is 8. The number of anilines is 1. The van der Waals surface area contributed by atoms with E-state index in [-0.39, 0.29) is 22.6 Å². The molecule has 0 aliphatic carbocycles. The van der Waals surface area contributed by atoms with Gasteiger partial charge in [0.25, 0.3) is 5.91 Å². The van der Waals surface area contributed by atoms with Gasteiger partial charge in [0.1, 0.15) is 10.4 Å². The van der Waals surface area contributed by atoms with E-state index < -0.39 is 17.9 Å². The van der Waals surface area contributed by atoms with Crippen LogP contribution in [0.1, 0.15) is 36.7 Å². The average Bonchev–Trinajstić information content (AvgIpc) is 3.08. The SMILES string of the molecule is CCOC(=O)c1ccc(NC(=O)C(C)N2C(=O)/C(=C/c3ccc(O)c(OCC)c3)SC2=S)cc1. The molecule has 0 bridgehead atoms. The van der Waals surface area contributed by atoms with Crippen LogP contribution in [0.25, 0.3) is 6.08 Å². The second-order valence-corrected chi connectivity index (χ2v) is 8.85. The fourth-order valence-corrected chi connectivity index (χ4v) is 4.54. The van der Waals surface area contributed by atoms with Crippen LogP contribution < -0.4 is 10.1 Å². The van der Waals surface area contributed by atoms with Gasteiger partial charge >= 0.3 is 5.97 Å². The van der Waals surface area contributed by atoms with Crippen molar-refractivity contribution in [2.24, 2.45) is 0 Å². The third-order valence-electron chi connectivity index (χ3n) is 4.84. The molecule has 8 nitrogen and oxygen atoms in total. The molecule has 2 amide bonds. The predicted octanol–water partition coefficient (Wildman–Crippen LogP) is 4.20. The summed E-state index contributed by atoms with van der Waals surface area (Å²) in [7, 11) is 0. The lowest BCUT2D eigenvalue weighted by atomic mass is 10.1. The number of aromatic hydroxyl groups is 1. The molecule has 10 heteroatoms. The normalized spacial score (nSPS) is 15.4. The van der Waals surface area contributed by atoms with Gasteiger partial charge in [0.05, 0.1) is 23.7 Å². The van der Waals surface area contributed by atoms with Gasteiger partial charge in [-0.1, -0.05) is 30.0 Å². The van der Waals surface area contributed by atoms with E-state index in [2.05, 4.69) is 5.32 Å². The van der Waals surface area contributed by atoms with Gasteiger partial charge in [-0.2, -0.15) is 0 Å². The summed E-state index contributed by atoms with van der Waals surface area (Å²) in [5.41, 5.74) is 1.50. The third-order valence-corrected chi connectivity index (χ3v) is 6.17. The molecule has 1 fully saturated rings. The van der Waals surface area contributed by atoms with Crippen molar-refractivity contribution < 1.29 is 29.0 Å². The van der Waals surface area contributed by atoms with Crippen LogP contribution >= 0.6 is 24.0 Å². The van der Waals surface area contributed by atoms with Gasteiger partial charge in [0, 0.05) is 5.69 Å². The molecule has 1 heterocycles. The predicted molar refractivity (Wildman–Crippen MR) is 135 cm³/mol. The summed E-state index contributed by atoms with van der Waals surface area (Å²) in [5.74, 6) is -0.938. The number of benzene rings is 2. The zero-order chi connectivity index (χ0) is 24.8. The number of thioether (sulfide) groups is 1. The fourth-order valence-electron chi connectivity index (χ4n) is 3.12. The van der Waals surface area contributed by atoms with Crippen LogP contribution in [0.4, 0.5) is 5.69 Å². The van der Waals surface area contributed by atoms with Crippen LogP contribution in [0, 0.1) is 0 Å². The second kappa shape index (κ2) is 11.2. The number of hydrogen-bond acceptors (Lipinski definition) is 8. The van der Waals surface area contributed by atoms with Crippen molar-refractivity contribution in [3.63, 3.8) is 0 Å². The summed E-state index contributed by atoms with van der Waals surface area (Å²) in [6.07, 6.45) is 1.64. The zero-order valence-corrected chi connectivity index (χ0v) is 20.5. The van der Waals surface area contributed by atoms with E-state index in [4.69, 9.17) is 21.7 Å². The van der Waals surface area contributed by atoms with E-state index in [0.717, 1.165) is 11.8 Å². The lowest BCUT2D eigenvalue weighted by molar-refractivity contribution is -0.129. The summed E-state index contributed by atoms with van der Waals surface area (Å²) < 4.78 is 10.6. The molecule has 0 aromatic heterocycles. The maximum atomic E-state index is 13.0. The van der Waals surface area contributed by atoms with Crippen molar-refractivity contribution in [3.05, 3.63) is 58.5 Å². The van der Waals surface area contributed by atoms with E-state index in [9.17, 15) is 19.5 Å². The maximum absolute atomic E-state index is 13.0. The molecule has 0 saturated carbocycles. The van der Waals surface area contributed by atoms with Crippen molar-refractivity contribution in [3.8, 4) is 11.5 Å². The minimum Gasteiger partial charge on any atom is -0.504 e. The molecule has 1 aliphatic heterocycles. The van der Waals surface area contributed by atoms with Gasteiger partial charge in [-0.25, -0.2) is 4.79 Å². The Bertz CT molecular complexity index is 1150. The minimum absolute atomic E-state index is 0.00660. The van der Waals surface area contributed by atoms with Crippen LogP contribution in [0.2, 0.25) is 0 Å². The van der Waals surface area contributed by atoms with Gasteiger partial charge in [-0.05, 0) is 68.8 Å². The van der Waals surface area contributed by atoms with Crippen LogP contribution in [-0.4, -0.2) is 51.4 Å². The smallest absolute Gasteiger partial charge is 0.338 e. The van der Waals surface area contributed by atoms with Gasteiger partial charge < -0.3 is 19.9 Å². The molecule has 1 atom stereocenters. The summed E-state index contributed by atoms with van der Waals surface area (Å²) in [5, 5.41) is 12.6. The monoisotopic (exact) mass is 500 g/mol. The summed E-state index contributed by atoms with van der Waals surface area (Å²) in [4.78, 5) is 39.2. The number of hydrogen-bond donors (Lipinski definition) is 2. The lowest BCUT2D eigenvalue weighted by Crippen LogP contribution is -2.44. The number of ether oxygens (including phenoxy) is 2. The van der Waals surface area contributed by atoms with E-state index in [0.29, 0.717) is 34.1 Å². The number of thiocarbonyl (C=S) groups is 1. The topological polar surface area (TPSA) is 105 Å². The first-order chi connectivity index (χ1) is 16.2. The molecule has 1 saturated heterocycles. The Morgan fingerprint density at radius 1 is 1.18 bits per heavy atom. The first-order valence-electron chi connectivity index (χ1n) is 10.6. The lowest BCUT2D eigenvalue weighted by Gasteiger charge is -2.22. The Balaban J connectivity index is 1.71. The van der Waals surface area contributed by atoms with Crippen LogP contribution in [0.15, 0.2) is 47.4 Å². The van der Waals surface area contributed by atoms with Crippen molar-refractivity contribution in [2.75, 3.05) is 18.5 Å². The molecule has 3 rings (SSSR count). The molecule has 2 aromatic rings. The van der Waals surface area contributed by atoms with Crippen molar-refractivity contribution in [1.82, 2.24) is 4.90 Å². The number of carbonyl (C=O) groups is 3. The third kappa shape index (κ3) is 5.75. The highest BCUT2D eigenvalue weighted by Gasteiger charge is 2.38. The number of carbonyl (C=O) groups excluding carboxylic acids is 3. The molecule has 178 valence electrons. The highest BCUT2D eigenvalue weighted by Crippen LogP contribution is 2.35. The van der Waals surface area contributed by atoms with Gasteiger partial charge in [0.15, 0.2) is 11.5 Å². The molecule has 2 N–H and O–H groups in total. The van der Waals surface area contributed by atoms with Crippen LogP contribution in [0.5, 0.6) is 11.5 Å².